The standard InChI is InChI=1S/C26H25NO7/c1-31-17-9-5-15(6-10-17)24-23(26(29)30)19-13-21(33-3)22(34-4)14-20(19)25(28)27(24)16-7-11-18(32-2)12-8-16/h5-14,23-24H,1-4H3,(H,29,30). The van der Waals surface area contributed by atoms with Crippen LogP contribution in [0.4, 0.5) is 5.69 Å². The quantitative estimate of drug-likeness (QED) is 0.559. The van der Waals surface area contributed by atoms with Gasteiger partial charge in [-0.05, 0) is 59.7 Å². The number of carboxylic acid groups (broad SMARTS) is 1. The van der Waals surface area contributed by atoms with E-state index < -0.39 is 17.9 Å². The van der Waals surface area contributed by atoms with Crippen LogP contribution in [0, 0.1) is 0 Å². The van der Waals surface area contributed by atoms with Gasteiger partial charge >= 0.3 is 5.97 Å². The van der Waals surface area contributed by atoms with Crippen molar-refractivity contribution in [1.29, 1.82) is 0 Å². The third kappa shape index (κ3) is 3.87. The average molecular weight is 463 g/mol. The first-order valence-electron chi connectivity index (χ1n) is 10.5. The molecule has 34 heavy (non-hydrogen) atoms. The monoisotopic (exact) mass is 463 g/mol. The molecule has 176 valence electrons. The molecule has 2 unspecified atom stereocenters. The summed E-state index contributed by atoms with van der Waals surface area (Å²) in [6.45, 7) is 0. The van der Waals surface area contributed by atoms with Gasteiger partial charge in [0.2, 0.25) is 0 Å². The summed E-state index contributed by atoms with van der Waals surface area (Å²) >= 11 is 0. The lowest BCUT2D eigenvalue weighted by molar-refractivity contribution is -0.139. The Morgan fingerprint density at radius 1 is 0.794 bits per heavy atom. The summed E-state index contributed by atoms with van der Waals surface area (Å²) in [6.07, 6.45) is 0. The summed E-state index contributed by atoms with van der Waals surface area (Å²) in [5.74, 6) is -0.540. The SMILES string of the molecule is COc1ccc(C2C(C(=O)O)c3cc(OC)c(OC)cc3C(=O)N2c2ccc(OC)cc2)cc1. The van der Waals surface area contributed by atoms with Crippen LogP contribution in [0.25, 0.3) is 0 Å². The average Bonchev–Trinajstić information content (AvgIpc) is 2.87. The van der Waals surface area contributed by atoms with Crippen LogP contribution in [-0.4, -0.2) is 45.4 Å². The molecule has 0 aliphatic carbocycles. The summed E-state index contributed by atoms with van der Waals surface area (Å²) in [4.78, 5) is 28.1. The zero-order chi connectivity index (χ0) is 24.4. The molecule has 0 aromatic heterocycles. The van der Waals surface area contributed by atoms with E-state index in [1.807, 2.05) is 0 Å². The zero-order valence-corrected chi connectivity index (χ0v) is 19.3. The van der Waals surface area contributed by atoms with Crippen molar-refractivity contribution in [2.45, 2.75) is 12.0 Å². The van der Waals surface area contributed by atoms with Crippen molar-refractivity contribution in [3.8, 4) is 23.0 Å². The molecule has 3 aromatic carbocycles. The molecule has 1 heterocycles. The van der Waals surface area contributed by atoms with Crippen LogP contribution in [0.5, 0.6) is 23.0 Å². The Morgan fingerprint density at radius 3 is 1.82 bits per heavy atom. The smallest absolute Gasteiger partial charge is 0.313 e. The van der Waals surface area contributed by atoms with Gasteiger partial charge in [0.25, 0.3) is 5.91 Å². The molecule has 0 saturated carbocycles. The van der Waals surface area contributed by atoms with Crippen molar-refractivity contribution in [3.63, 3.8) is 0 Å². The fraction of sp³-hybridized carbons (Fsp3) is 0.231. The van der Waals surface area contributed by atoms with Crippen LogP contribution in [-0.2, 0) is 4.79 Å². The number of fused-ring (bicyclic) bond motifs is 1. The number of nitrogens with zero attached hydrogens (tertiary/aromatic N) is 1. The van der Waals surface area contributed by atoms with Crippen LogP contribution < -0.4 is 23.8 Å². The van der Waals surface area contributed by atoms with Crippen molar-refractivity contribution in [1.82, 2.24) is 0 Å². The molecule has 0 saturated heterocycles. The molecule has 1 aliphatic heterocycles. The van der Waals surface area contributed by atoms with Gasteiger partial charge in [-0.1, -0.05) is 12.1 Å². The summed E-state index contributed by atoms with van der Waals surface area (Å²) in [5.41, 5.74) is 1.79. The van der Waals surface area contributed by atoms with Crippen LogP contribution in [0.3, 0.4) is 0 Å². The second-order valence-corrected chi connectivity index (χ2v) is 7.70. The lowest BCUT2D eigenvalue weighted by Gasteiger charge is -2.41. The Balaban J connectivity index is 1.98. The Morgan fingerprint density at radius 2 is 1.32 bits per heavy atom. The van der Waals surface area contributed by atoms with E-state index in [4.69, 9.17) is 18.9 Å². The fourth-order valence-corrected chi connectivity index (χ4v) is 4.34. The lowest BCUT2D eigenvalue weighted by Crippen LogP contribution is -2.45. The number of carbonyl (C=O) groups excluding carboxylic acids is 1. The molecule has 0 fully saturated rings. The number of rotatable bonds is 7. The van der Waals surface area contributed by atoms with Gasteiger partial charge in [0, 0.05) is 11.3 Å². The number of hydrogen-bond acceptors (Lipinski definition) is 6. The van der Waals surface area contributed by atoms with Crippen LogP contribution >= 0.6 is 0 Å². The van der Waals surface area contributed by atoms with E-state index in [1.54, 1.807) is 68.8 Å². The molecular formula is C26H25NO7. The Kier molecular flexibility index (Phi) is 6.32. The molecule has 0 spiro atoms. The number of carboxylic acids is 1. The van der Waals surface area contributed by atoms with Gasteiger partial charge in [-0.25, -0.2) is 0 Å². The highest BCUT2D eigenvalue weighted by molar-refractivity contribution is 6.11. The summed E-state index contributed by atoms with van der Waals surface area (Å²) in [5, 5.41) is 10.4. The maximum atomic E-state index is 13.9. The first-order valence-corrected chi connectivity index (χ1v) is 10.5. The number of anilines is 1. The predicted octanol–water partition coefficient (Wildman–Crippen LogP) is 4.29. The highest BCUT2D eigenvalue weighted by Crippen LogP contribution is 2.48. The van der Waals surface area contributed by atoms with E-state index in [-0.39, 0.29) is 11.5 Å². The van der Waals surface area contributed by atoms with Crippen molar-refractivity contribution in [2.24, 2.45) is 0 Å². The van der Waals surface area contributed by atoms with E-state index in [9.17, 15) is 14.7 Å². The highest BCUT2D eigenvalue weighted by atomic mass is 16.5. The molecule has 1 N–H and O–H groups in total. The normalized spacial score (nSPS) is 17.1. The first kappa shape index (κ1) is 23.0. The van der Waals surface area contributed by atoms with E-state index in [0.29, 0.717) is 39.8 Å². The van der Waals surface area contributed by atoms with Gasteiger partial charge < -0.3 is 24.1 Å². The van der Waals surface area contributed by atoms with Gasteiger partial charge in [-0.15, -0.1) is 0 Å². The molecule has 0 bridgehead atoms. The number of hydrogen-bond donors (Lipinski definition) is 1. The predicted molar refractivity (Wildman–Crippen MR) is 125 cm³/mol. The van der Waals surface area contributed by atoms with Crippen LogP contribution in [0.15, 0.2) is 60.7 Å². The number of carbonyl (C=O) groups is 2. The topological polar surface area (TPSA) is 94.5 Å². The lowest BCUT2D eigenvalue weighted by atomic mass is 9.79. The van der Waals surface area contributed by atoms with Gasteiger partial charge in [0.1, 0.15) is 17.4 Å². The maximum absolute atomic E-state index is 13.9. The van der Waals surface area contributed by atoms with Gasteiger partial charge in [0.05, 0.1) is 34.5 Å². The Hall–Kier alpha value is -4.20. The third-order valence-electron chi connectivity index (χ3n) is 6.01. The molecule has 0 radical (unpaired) electrons. The van der Waals surface area contributed by atoms with E-state index in [1.165, 1.54) is 25.2 Å². The Bertz CT molecular complexity index is 1210. The molecule has 3 aromatic rings. The number of ether oxygens (including phenoxy) is 4. The summed E-state index contributed by atoms with van der Waals surface area (Å²) in [7, 11) is 6.04. The number of amides is 1. The summed E-state index contributed by atoms with van der Waals surface area (Å²) < 4.78 is 21.3. The molecular weight excluding hydrogens is 438 g/mol. The van der Waals surface area contributed by atoms with Crippen molar-refractivity contribution >= 4 is 17.6 Å². The number of benzene rings is 3. The van der Waals surface area contributed by atoms with Crippen molar-refractivity contribution in [3.05, 3.63) is 77.4 Å². The molecule has 8 heteroatoms. The van der Waals surface area contributed by atoms with E-state index >= 15 is 0 Å². The summed E-state index contributed by atoms with van der Waals surface area (Å²) in [6, 6.07) is 16.3. The fourth-order valence-electron chi connectivity index (χ4n) is 4.34. The third-order valence-corrected chi connectivity index (χ3v) is 6.01. The molecule has 4 rings (SSSR count). The molecule has 1 aliphatic rings. The molecule has 2 atom stereocenters. The Labute approximate surface area is 197 Å². The molecule has 8 nitrogen and oxygen atoms in total. The van der Waals surface area contributed by atoms with E-state index in [0.717, 1.165) is 0 Å². The number of methoxy groups -OCH3 is 4. The highest BCUT2D eigenvalue weighted by Gasteiger charge is 2.46. The van der Waals surface area contributed by atoms with Crippen LogP contribution in [0.1, 0.15) is 33.4 Å². The molecule has 1 amide bonds. The van der Waals surface area contributed by atoms with Gasteiger partial charge in [-0.2, -0.15) is 0 Å². The van der Waals surface area contributed by atoms with Gasteiger partial charge in [-0.3, -0.25) is 14.5 Å². The largest absolute Gasteiger partial charge is 0.497 e. The van der Waals surface area contributed by atoms with Crippen LogP contribution in [0.2, 0.25) is 0 Å². The minimum atomic E-state index is -1.07. The minimum Gasteiger partial charge on any atom is -0.497 e. The zero-order valence-electron chi connectivity index (χ0n) is 19.3. The first-order chi connectivity index (χ1) is 16.4. The van der Waals surface area contributed by atoms with E-state index in [2.05, 4.69) is 0 Å². The maximum Gasteiger partial charge on any atom is 0.313 e. The minimum absolute atomic E-state index is 0.241. The second kappa shape index (κ2) is 9.35. The second-order valence-electron chi connectivity index (χ2n) is 7.70. The van der Waals surface area contributed by atoms with Crippen molar-refractivity contribution < 1.29 is 33.6 Å². The van der Waals surface area contributed by atoms with Crippen molar-refractivity contribution in [2.75, 3.05) is 33.3 Å². The number of aliphatic carboxylic acids is 1. The van der Waals surface area contributed by atoms with Gasteiger partial charge in [0.15, 0.2) is 11.5 Å².